The first-order valence-electron chi connectivity index (χ1n) is 4.77. The molecule has 0 fully saturated rings. The Morgan fingerprint density at radius 1 is 0.417 bits per heavy atom. The van der Waals surface area contributed by atoms with Gasteiger partial charge in [-0.3, -0.25) is 0 Å². The molecule has 0 N–H and O–H groups in total. The predicted molar refractivity (Wildman–Crippen MR) is 47.3 cm³/mol. The zero-order chi connectivity index (χ0) is 20.2. The van der Waals surface area contributed by atoms with Crippen LogP contribution in [0, 0.1) is 0 Å². The van der Waals surface area contributed by atoms with Crippen LogP contribution in [-0.4, -0.2) is 50.2 Å². The van der Waals surface area contributed by atoms with Gasteiger partial charge in [-0.15, -0.1) is 0 Å². The van der Waals surface area contributed by atoms with Gasteiger partial charge < -0.3 is 0 Å². The van der Waals surface area contributed by atoms with E-state index >= 15 is 0 Å². The number of hydrogen-bond acceptors (Lipinski definition) is 0. The summed E-state index contributed by atoms with van der Waals surface area (Å²) in [5, 5.41) is 0. The maximum absolute atomic E-state index is 12.9. The van der Waals surface area contributed by atoms with Crippen molar-refractivity contribution < 1.29 is 65.9 Å². The molecule has 0 nitrogen and oxygen atoms in total. The SMILES string of the molecule is FC(F)(F)C(F)(F)C(F)(F)C(F)(F)C(F)(F)C(F)(F)C(F)(F)[Si]Cl. The summed E-state index contributed by atoms with van der Waals surface area (Å²) in [7, 11) is -3.13. The van der Waals surface area contributed by atoms with E-state index in [0.717, 1.165) is 0 Å². The van der Waals surface area contributed by atoms with Crippen LogP contribution in [0.25, 0.3) is 0 Å². The minimum atomic E-state index is -8.25. The second-order valence-electron chi connectivity index (χ2n) is 4.04. The van der Waals surface area contributed by atoms with E-state index in [4.69, 9.17) is 0 Å². The molecule has 0 unspecified atom stereocenters. The second kappa shape index (κ2) is 5.74. The van der Waals surface area contributed by atoms with Crippen molar-refractivity contribution in [1.29, 1.82) is 0 Å². The highest BCUT2D eigenvalue weighted by Gasteiger charge is 2.93. The molecule has 0 heterocycles. The van der Waals surface area contributed by atoms with E-state index in [-0.39, 0.29) is 0 Å². The van der Waals surface area contributed by atoms with Gasteiger partial charge in [-0.2, -0.15) is 68.2 Å². The summed E-state index contributed by atoms with van der Waals surface area (Å²) in [4.78, 5) is 0. The molecule has 0 aromatic heterocycles. The van der Waals surface area contributed by atoms with Gasteiger partial charge in [-0.25, -0.2) is 8.78 Å². The zero-order valence-corrected chi connectivity index (χ0v) is 11.8. The first-order chi connectivity index (χ1) is 10.1. The van der Waals surface area contributed by atoms with E-state index in [1.165, 1.54) is 0 Å². The maximum atomic E-state index is 12.9. The average molecular weight is 433 g/mol. The molecule has 0 aliphatic carbocycles. The third-order valence-corrected chi connectivity index (χ3v) is 3.71. The van der Waals surface area contributed by atoms with Crippen molar-refractivity contribution in [1.82, 2.24) is 0 Å². The molecule has 24 heavy (non-hydrogen) atoms. The van der Waals surface area contributed by atoms with E-state index in [0.29, 0.717) is 0 Å². The van der Waals surface area contributed by atoms with Gasteiger partial charge in [0.25, 0.3) is 8.83 Å². The van der Waals surface area contributed by atoms with Crippen LogP contribution in [-0.2, 0) is 0 Å². The summed E-state index contributed by atoms with van der Waals surface area (Å²) in [5.74, 6) is -39.9. The monoisotopic (exact) mass is 432 g/mol. The Morgan fingerprint density at radius 2 is 0.667 bits per heavy atom. The highest BCUT2D eigenvalue weighted by atomic mass is 35.6. The van der Waals surface area contributed by atoms with Crippen LogP contribution < -0.4 is 0 Å². The van der Waals surface area contributed by atoms with E-state index in [2.05, 4.69) is 11.1 Å². The van der Waals surface area contributed by atoms with Gasteiger partial charge in [0.15, 0.2) is 0 Å². The summed E-state index contributed by atoms with van der Waals surface area (Å²) >= 11 is 4.11. The van der Waals surface area contributed by atoms with Crippen LogP contribution in [0.3, 0.4) is 0 Å². The summed E-state index contributed by atoms with van der Waals surface area (Å²) in [6.07, 6.45) is -7.60. The second-order valence-corrected chi connectivity index (χ2v) is 5.42. The van der Waals surface area contributed by atoms with Gasteiger partial charge in [0.2, 0.25) is 0 Å². The number of halogens is 16. The third kappa shape index (κ3) is 2.82. The van der Waals surface area contributed by atoms with Crippen LogP contribution in [0.5, 0.6) is 0 Å². The molecule has 0 spiro atoms. The quantitative estimate of drug-likeness (QED) is 0.308. The Kier molecular flexibility index (Phi) is 5.61. The van der Waals surface area contributed by atoms with Gasteiger partial charge in [-0.05, 0) is 0 Å². The van der Waals surface area contributed by atoms with E-state index in [1.54, 1.807) is 0 Å². The first-order valence-corrected chi connectivity index (χ1v) is 6.79. The number of alkyl halides is 15. The van der Waals surface area contributed by atoms with Gasteiger partial charge >= 0.3 is 41.3 Å². The van der Waals surface area contributed by atoms with Gasteiger partial charge in [-0.1, -0.05) is 0 Å². The van der Waals surface area contributed by atoms with Gasteiger partial charge in [0, 0.05) is 0 Å². The predicted octanol–water partition coefficient (Wildman–Crippen LogP) is 5.18. The van der Waals surface area contributed by atoms with Crippen molar-refractivity contribution in [3.63, 3.8) is 0 Å². The lowest BCUT2D eigenvalue weighted by Gasteiger charge is -2.41. The van der Waals surface area contributed by atoms with Gasteiger partial charge in [0.05, 0.1) is 0 Å². The van der Waals surface area contributed by atoms with Gasteiger partial charge in [0.1, 0.15) is 0 Å². The molecule has 2 radical (unpaired) electrons. The highest BCUT2D eigenvalue weighted by molar-refractivity contribution is 6.95. The molecule has 0 aliphatic rings. The lowest BCUT2D eigenvalue weighted by Crippen LogP contribution is -2.73. The largest absolute Gasteiger partial charge is 0.460 e. The molecule has 0 bridgehead atoms. The fourth-order valence-corrected chi connectivity index (χ4v) is 1.66. The van der Waals surface area contributed by atoms with Crippen molar-refractivity contribution in [3.05, 3.63) is 0 Å². The molecular weight excluding hydrogens is 433 g/mol. The Balaban J connectivity index is 6.42. The normalized spacial score (nSPS) is 16.5. The minimum Gasteiger partial charge on any atom is -0.204 e. The highest BCUT2D eigenvalue weighted by Crippen LogP contribution is 2.62. The molecule has 0 saturated carbocycles. The first kappa shape index (κ1) is 23.5. The van der Waals surface area contributed by atoms with Crippen molar-refractivity contribution in [2.45, 2.75) is 41.3 Å². The standard InChI is InChI=1S/C7ClF15Si/c8-24-7(22,23)5(17,18)3(13,14)1(9,10)2(11,12)4(15,16)6(19,20)21. The van der Waals surface area contributed by atoms with E-state index in [1.807, 2.05) is 0 Å². The summed E-state index contributed by atoms with van der Waals surface area (Å²) in [6, 6.07) is 0. The molecule has 17 heteroatoms. The molecule has 0 aromatic carbocycles. The maximum Gasteiger partial charge on any atom is 0.460 e. The molecule has 144 valence electrons. The van der Waals surface area contributed by atoms with Crippen LogP contribution in [0.1, 0.15) is 0 Å². The van der Waals surface area contributed by atoms with Crippen molar-refractivity contribution in [2.24, 2.45) is 0 Å². The van der Waals surface area contributed by atoms with Crippen LogP contribution in [0.4, 0.5) is 65.9 Å². The zero-order valence-electron chi connectivity index (χ0n) is 10.0. The Morgan fingerprint density at radius 3 is 0.917 bits per heavy atom. The van der Waals surface area contributed by atoms with Crippen LogP contribution in [0.2, 0.25) is 0 Å². The third-order valence-electron chi connectivity index (χ3n) is 2.45. The van der Waals surface area contributed by atoms with Crippen molar-refractivity contribution >= 4 is 19.9 Å². The van der Waals surface area contributed by atoms with Crippen LogP contribution in [0.15, 0.2) is 0 Å². The number of rotatable bonds is 6. The average Bonchev–Trinajstić information content (AvgIpc) is 2.36. The van der Waals surface area contributed by atoms with Crippen molar-refractivity contribution in [3.8, 4) is 0 Å². The molecule has 0 rings (SSSR count). The smallest absolute Gasteiger partial charge is 0.204 e. The molecule has 0 saturated heterocycles. The molecule has 0 aliphatic heterocycles. The Labute approximate surface area is 128 Å². The Bertz CT molecular complexity index is 465. The fourth-order valence-electron chi connectivity index (χ4n) is 1.03. The molecule has 0 atom stereocenters. The fraction of sp³-hybridized carbons (Fsp3) is 1.00. The minimum absolute atomic E-state index is 3.13. The summed E-state index contributed by atoms with van der Waals surface area (Å²) in [5.41, 5.74) is -6.33. The lowest BCUT2D eigenvalue weighted by molar-refractivity contribution is -0.448. The van der Waals surface area contributed by atoms with Crippen LogP contribution >= 0.6 is 11.1 Å². The van der Waals surface area contributed by atoms with E-state index < -0.39 is 50.2 Å². The lowest BCUT2D eigenvalue weighted by atomic mass is 9.94. The Hall–Kier alpha value is -0.543. The van der Waals surface area contributed by atoms with E-state index in [9.17, 15) is 65.9 Å². The molecule has 0 aromatic rings. The summed E-state index contributed by atoms with van der Waals surface area (Å²) in [6.45, 7) is 0. The molecule has 0 amide bonds. The summed E-state index contributed by atoms with van der Waals surface area (Å²) < 4.78 is 187. The van der Waals surface area contributed by atoms with Crippen molar-refractivity contribution in [2.75, 3.05) is 0 Å². The topological polar surface area (TPSA) is 0 Å². The number of hydrogen-bond donors (Lipinski definition) is 0. The molecular formula is C7ClF15Si.